The molecule has 0 aliphatic heterocycles. The maximum Gasteiger partial charge on any atom is 0.237 e. The van der Waals surface area contributed by atoms with Crippen molar-refractivity contribution < 1.29 is 4.79 Å². The van der Waals surface area contributed by atoms with Crippen LogP contribution in [0.1, 0.15) is 47.0 Å². The molecule has 84 valence electrons. The van der Waals surface area contributed by atoms with Crippen molar-refractivity contribution in [3.05, 3.63) is 0 Å². The van der Waals surface area contributed by atoms with Gasteiger partial charge in [0, 0.05) is 6.04 Å². The summed E-state index contributed by atoms with van der Waals surface area (Å²) in [5, 5.41) is 2.98. The van der Waals surface area contributed by atoms with Crippen molar-refractivity contribution >= 4 is 5.91 Å². The van der Waals surface area contributed by atoms with Crippen molar-refractivity contribution in [3.8, 4) is 0 Å². The second-order valence-corrected chi connectivity index (χ2v) is 4.17. The van der Waals surface area contributed by atoms with E-state index in [9.17, 15) is 4.79 Å². The van der Waals surface area contributed by atoms with Crippen molar-refractivity contribution in [2.45, 2.75) is 59.0 Å². The van der Waals surface area contributed by atoms with E-state index in [0.29, 0.717) is 0 Å². The molecule has 3 N–H and O–H groups in total. The molecule has 0 aromatic rings. The number of amides is 1. The smallest absolute Gasteiger partial charge is 0.237 e. The fraction of sp³-hybridized carbons (Fsp3) is 0.909. The zero-order valence-electron chi connectivity index (χ0n) is 9.84. The van der Waals surface area contributed by atoms with Crippen molar-refractivity contribution in [1.82, 2.24) is 5.32 Å². The molecule has 2 atom stereocenters. The van der Waals surface area contributed by atoms with Gasteiger partial charge in [0.1, 0.15) is 0 Å². The minimum atomic E-state index is -0.374. The predicted molar refractivity (Wildman–Crippen MR) is 59.9 cm³/mol. The van der Waals surface area contributed by atoms with E-state index in [2.05, 4.69) is 19.2 Å². The van der Waals surface area contributed by atoms with Crippen LogP contribution in [0.25, 0.3) is 0 Å². The average molecular weight is 200 g/mol. The van der Waals surface area contributed by atoms with Crippen LogP contribution < -0.4 is 11.1 Å². The van der Waals surface area contributed by atoms with Gasteiger partial charge in [-0.25, -0.2) is 0 Å². The van der Waals surface area contributed by atoms with E-state index in [4.69, 9.17) is 5.73 Å². The third-order valence-electron chi connectivity index (χ3n) is 2.50. The summed E-state index contributed by atoms with van der Waals surface area (Å²) in [5.74, 6) is 0.189. The van der Waals surface area contributed by atoms with Crippen molar-refractivity contribution in [2.75, 3.05) is 0 Å². The number of hydrogen-bond acceptors (Lipinski definition) is 2. The number of nitrogens with two attached hydrogens (primary N) is 1. The molecule has 1 unspecified atom stereocenters. The Kier molecular flexibility index (Phi) is 6.54. The predicted octanol–water partition coefficient (Wildman–Crippen LogP) is 1.66. The normalized spacial score (nSPS) is 15.3. The molecule has 0 spiro atoms. The maximum absolute atomic E-state index is 11.6. The lowest BCUT2D eigenvalue weighted by molar-refractivity contribution is -0.124. The summed E-state index contributed by atoms with van der Waals surface area (Å²) in [6.45, 7) is 8.13. The van der Waals surface area contributed by atoms with Crippen LogP contribution >= 0.6 is 0 Å². The van der Waals surface area contributed by atoms with E-state index >= 15 is 0 Å². The van der Waals surface area contributed by atoms with Crippen LogP contribution in [0.2, 0.25) is 0 Å². The summed E-state index contributed by atoms with van der Waals surface area (Å²) in [6.07, 6.45) is 3.10. The van der Waals surface area contributed by atoms with E-state index < -0.39 is 0 Å². The van der Waals surface area contributed by atoms with Gasteiger partial charge in [0.25, 0.3) is 0 Å². The monoisotopic (exact) mass is 200 g/mol. The van der Waals surface area contributed by atoms with Crippen LogP contribution in [0, 0.1) is 5.92 Å². The Labute approximate surface area is 87.4 Å². The first-order chi connectivity index (χ1) is 6.52. The van der Waals surface area contributed by atoms with E-state index in [0.717, 1.165) is 19.3 Å². The number of hydrogen-bond donors (Lipinski definition) is 2. The summed E-state index contributed by atoms with van der Waals surface area (Å²) in [4.78, 5) is 11.6. The first kappa shape index (κ1) is 13.4. The first-order valence-electron chi connectivity index (χ1n) is 5.58. The minimum absolute atomic E-state index is 0.0136. The van der Waals surface area contributed by atoms with Crippen molar-refractivity contribution in [3.63, 3.8) is 0 Å². The SMILES string of the molecule is CCCC(CC)NC(=O)[C@@H](N)C(C)C. The molecule has 1 amide bonds. The molecule has 0 heterocycles. The largest absolute Gasteiger partial charge is 0.352 e. The summed E-state index contributed by atoms with van der Waals surface area (Å²) in [6, 6.07) is -0.0850. The molecule has 0 saturated heterocycles. The lowest BCUT2D eigenvalue weighted by atomic mass is 10.0. The van der Waals surface area contributed by atoms with Gasteiger partial charge >= 0.3 is 0 Å². The molecule has 3 nitrogen and oxygen atoms in total. The molecule has 0 aliphatic rings. The summed E-state index contributed by atoms with van der Waals surface area (Å²) >= 11 is 0. The van der Waals surface area contributed by atoms with Gasteiger partial charge < -0.3 is 11.1 Å². The van der Waals surface area contributed by atoms with Gasteiger partial charge in [0.05, 0.1) is 6.04 Å². The Morgan fingerprint density at radius 2 is 1.93 bits per heavy atom. The topological polar surface area (TPSA) is 55.1 Å². The van der Waals surface area contributed by atoms with Gasteiger partial charge in [-0.3, -0.25) is 4.79 Å². The third kappa shape index (κ3) is 4.61. The summed E-state index contributed by atoms with van der Waals surface area (Å²) in [7, 11) is 0. The standard InChI is InChI=1S/C11H24N2O/c1-5-7-9(6-2)13-11(14)10(12)8(3)4/h8-10H,5-7,12H2,1-4H3,(H,13,14)/t9?,10-/m0/s1. The van der Waals surface area contributed by atoms with Crippen LogP contribution in [-0.4, -0.2) is 18.0 Å². The lowest BCUT2D eigenvalue weighted by Gasteiger charge is -2.21. The van der Waals surface area contributed by atoms with Crippen LogP contribution in [0.3, 0.4) is 0 Å². The molecule has 3 heteroatoms. The van der Waals surface area contributed by atoms with Gasteiger partial charge in [-0.15, -0.1) is 0 Å². The molecule has 0 aromatic heterocycles. The van der Waals surface area contributed by atoms with Gasteiger partial charge in [0.15, 0.2) is 0 Å². The Morgan fingerprint density at radius 1 is 1.36 bits per heavy atom. The van der Waals surface area contributed by atoms with Crippen LogP contribution in [-0.2, 0) is 4.79 Å². The average Bonchev–Trinajstić information content (AvgIpc) is 2.15. The Morgan fingerprint density at radius 3 is 2.29 bits per heavy atom. The number of nitrogens with one attached hydrogen (secondary N) is 1. The van der Waals surface area contributed by atoms with E-state index in [1.807, 2.05) is 13.8 Å². The first-order valence-corrected chi connectivity index (χ1v) is 5.58. The lowest BCUT2D eigenvalue weighted by Crippen LogP contribution is -2.47. The number of carbonyl (C=O) groups is 1. The molecule has 0 bridgehead atoms. The van der Waals surface area contributed by atoms with E-state index in [1.54, 1.807) is 0 Å². The Hall–Kier alpha value is -0.570. The summed E-state index contributed by atoms with van der Waals surface area (Å²) in [5.41, 5.74) is 5.75. The number of carbonyl (C=O) groups excluding carboxylic acids is 1. The maximum atomic E-state index is 11.6. The summed E-state index contributed by atoms with van der Waals surface area (Å²) < 4.78 is 0. The van der Waals surface area contributed by atoms with Crippen molar-refractivity contribution in [2.24, 2.45) is 11.7 Å². The van der Waals surface area contributed by atoms with Crippen LogP contribution in [0.15, 0.2) is 0 Å². The highest BCUT2D eigenvalue weighted by Crippen LogP contribution is 2.03. The highest BCUT2D eigenvalue weighted by atomic mass is 16.2. The fourth-order valence-corrected chi connectivity index (χ4v) is 1.33. The molecule has 14 heavy (non-hydrogen) atoms. The van der Waals surface area contributed by atoms with E-state index in [-0.39, 0.29) is 23.9 Å². The fourth-order valence-electron chi connectivity index (χ4n) is 1.33. The van der Waals surface area contributed by atoms with E-state index in [1.165, 1.54) is 0 Å². The number of rotatable bonds is 6. The molecule has 0 rings (SSSR count). The highest BCUT2D eigenvalue weighted by molar-refractivity contribution is 5.81. The molecular formula is C11H24N2O. The molecular weight excluding hydrogens is 176 g/mol. The van der Waals surface area contributed by atoms with Crippen LogP contribution in [0.4, 0.5) is 0 Å². The zero-order valence-corrected chi connectivity index (χ0v) is 9.84. The Balaban J connectivity index is 4.01. The second kappa shape index (κ2) is 6.82. The molecule has 0 aromatic carbocycles. The third-order valence-corrected chi connectivity index (χ3v) is 2.50. The van der Waals surface area contributed by atoms with Gasteiger partial charge in [-0.2, -0.15) is 0 Å². The molecule has 0 aliphatic carbocycles. The Bertz CT molecular complexity index is 169. The quantitative estimate of drug-likeness (QED) is 0.685. The molecule has 0 saturated carbocycles. The van der Waals surface area contributed by atoms with Crippen molar-refractivity contribution in [1.29, 1.82) is 0 Å². The van der Waals surface area contributed by atoms with Gasteiger partial charge in [-0.1, -0.05) is 34.1 Å². The minimum Gasteiger partial charge on any atom is -0.352 e. The van der Waals surface area contributed by atoms with Crippen LogP contribution in [0.5, 0.6) is 0 Å². The van der Waals surface area contributed by atoms with Gasteiger partial charge in [0.2, 0.25) is 5.91 Å². The van der Waals surface area contributed by atoms with Gasteiger partial charge in [-0.05, 0) is 18.8 Å². The zero-order chi connectivity index (χ0) is 11.1. The second-order valence-electron chi connectivity index (χ2n) is 4.17. The highest BCUT2D eigenvalue weighted by Gasteiger charge is 2.19. The molecule has 0 radical (unpaired) electrons. The molecule has 0 fully saturated rings.